The topological polar surface area (TPSA) is 84.5 Å². The number of urea groups is 1. The van der Waals surface area contributed by atoms with E-state index in [4.69, 9.17) is 4.74 Å². The van der Waals surface area contributed by atoms with Crippen LogP contribution in [-0.4, -0.2) is 30.9 Å². The number of carbonyl (C=O) groups excluding carboxylic acids is 3. The lowest BCUT2D eigenvalue weighted by Gasteiger charge is -2.07. The molecule has 102 valence electrons. The summed E-state index contributed by atoms with van der Waals surface area (Å²) in [5.74, 6) is -0.127. The molecule has 3 amide bonds. The summed E-state index contributed by atoms with van der Waals surface area (Å²) in [6.07, 6.45) is 0. The second kappa shape index (κ2) is 7.15. The van der Waals surface area contributed by atoms with Crippen molar-refractivity contribution in [3.05, 3.63) is 29.8 Å². The van der Waals surface area contributed by atoms with Crippen LogP contribution in [-0.2, 0) is 4.79 Å². The number of ketones is 1. The molecule has 0 aliphatic heterocycles. The SMILES string of the molecule is CCNC(=O)NC(=O)COc1ccc(C(C)=O)cc1. The summed E-state index contributed by atoms with van der Waals surface area (Å²) < 4.78 is 5.18. The van der Waals surface area contributed by atoms with Crippen molar-refractivity contribution >= 4 is 17.7 Å². The molecule has 0 heterocycles. The van der Waals surface area contributed by atoms with Crippen molar-refractivity contribution in [2.24, 2.45) is 0 Å². The fourth-order valence-corrected chi connectivity index (χ4v) is 1.30. The van der Waals surface area contributed by atoms with Gasteiger partial charge in [0.1, 0.15) is 5.75 Å². The number of hydrogen-bond acceptors (Lipinski definition) is 4. The lowest BCUT2D eigenvalue weighted by molar-refractivity contribution is -0.122. The molecule has 1 aromatic carbocycles. The van der Waals surface area contributed by atoms with Gasteiger partial charge in [0.25, 0.3) is 5.91 Å². The summed E-state index contributed by atoms with van der Waals surface area (Å²) in [5.41, 5.74) is 0.569. The van der Waals surface area contributed by atoms with Gasteiger partial charge in [-0.15, -0.1) is 0 Å². The molecule has 0 atom stereocenters. The van der Waals surface area contributed by atoms with Crippen LogP contribution in [0.25, 0.3) is 0 Å². The Morgan fingerprint density at radius 3 is 2.32 bits per heavy atom. The number of hydrogen-bond donors (Lipinski definition) is 2. The molecule has 0 unspecified atom stereocenters. The van der Waals surface area contributed by atoms with Gasteiger partial charge in [-0.05, 0) is 38.1 Å². The molecule has 6 nitrogen and oxygen atoms in total. The molecule has 1 rings (SSSR count). The summed E-state index contributed by atoms with van der Waals surface area (Å²) in [7, 11) is 0. The van der Waals surface area contributed by atoms with Gasteiger partial charge in [-0.25, -0.2) is 4.79 Å². The highest BCUT2D eigenvalue weighted by atomic mass is 16.5. The first kappa shape index (κ1) is 14.7. The van der Waals surface area contributed by atoms with Gasteiger partial charge in [0.15, 0.2) is 12.4 Å². The Balaban J connectivity index is 2.42. The van der Waals surface area contributed by atoms with Crippen molar-refractivity contribution in [3.63, 3.8) is 0 Å². The van der Waals surface area contributed by atoms with E-state index < -0.39 is 11.9 Å². The monoisotopic (exact) mass is 264 g/mol. The number of rotatable bonds is 5. The number of nitrogens with one attached hydrogen (secondary N) is 2. The van der Waals surface area contributed by atoms with E-state index in [-0.39, 0.29) is 12.4 Å². The maximum Gasteiger partial charge on any atom is 0.321 e. The highest BCUT2D eigenvalue weighted by molar-refractivity contribution is 5.95. The third-order valence-corrected chi connectivity index (χ3v) is 2.22. The largest absolute Gasteiger partial charge is 0.484 e. The van der Waals surface area contributed by atoms with Gasteiger partial charge < -0.3 is 10.1 Å². The van der Waals surface area contributed by atoms with Crippen molar-refractivity contribution in [1.82, 2.24) is 10.6 Å². The molecule has 0 radical (unpaired) electrons. The highest BCUT2D eigenvalue weighted by Gasteiger charge is 2.07. The van der Waals surface area contributed by atoms with Crippen molar-refractivity contribution in [1.29, 1.82) is 0 Å². The number of imide groups is 1. The zero-order valence-electron chi connectivity index (χ0n) is 10.9. The van der Waals surface area contributed by atoms with Crippen LogP contribution in [0, 0.1) is 0 Å². The van der Waals surface area contributed by atoms with E-state index in [1.807, 2.05) is 0 Å². The van der Waals surface area contributed by atoms with Crippen LogP contribution in [0.5, 0.6) is 5.75 Å². The fraction of sp³-hybridized carbons (Fsp3) is 0.308. The summed E-state index contributed by atoms with van der Waals surface area (Å²) in [6.45, 7) is 3.38. The lowest BCUT2D eigenvalue weighted by atomic mass is 10.1. The summed E-state index contributed by atoms with van der Waals surface area (Å²) >= 11 is 0. The van der Waals surface area contributed by atoms with Gasteiger partial charge in [-0.3, -0.25) is 14.9 Å². The average molecular weight is 264 g/mol. The number of benzene rings is 1. The normalized spacial score (nSPS) is 9.58. The van der Waals surface area contributed by atoms with Gasteiger partial charge in [0.05, 0.1) is 0 Å². The summed E-state index contributed by atoms with van der Waals surface area (Å²) in [4.78, 5) is 33.4. The van der Waals surface area contributed by atoms with E-state index in [9.17, 15) is 14.4 Å². The van der Waals surface area contributed by atoms with Gasteiger partial charge in [-0.1, -0.05) is 0 Å². The Morgan fingerprint density at radius 1 is 1.16 bits per heavy atom. The third kappa shape index (κ3) is 5.20. The molecular weight excluding hydrogens is 248 g/mol. The standard InChI is InChI=1S/C13H16N2O4/c1-3-14-13(18)15-12(17)8-19-11-6-4-10(5-7-11)9(2)16/h4-7H,3,8H2,1-2H3,(H2,14,15,17,18). The predicted molar refractivity (Wildman–Crippen MR) is 69.2 cm³/mol. The molecule has 0 fully saturated rings. The Labute approximate surface area is 111 Å². The lowest BCUT2D eigenvalue weighted by Crippen LogP contribution is -2.41. The molecule has 19 heavy (non-hydrogen) atoms. The number of ether oxygens (including phenoxy) is 1. The number of Topliss-reactive ketones (excluding diaryl/α,β-unsaturated/α-hetero) is 1. The van der Waals surface area contributed by atoms with E-state index in [2.05, 4.69) is 10.6 Å². The van der Waals surface area contributed by atoms with E-state index in [0.717, 1.165) is 0 Å². The molecule has 0 saturated heterocycles. The van der Waals surface area contributed by atoms with E-state index in [1.165, 1.54) is 6.92 Å². The number of carbonyl (C=O) groups is 3. The maximum atomic E-state index is 11.3. The average Bonchev–Trinajstić information content (AvgIpc) is 2.37. The Kier molecular flexibility index (Phi) is 5.53. The smallest absolute Gasteiger partial charge is 0.321 e. The van der Waals surface area contributed by atoms with E-state index in [1.54, 1.807) is 31.2 Å². The number of amides is 3. The Morgan fingerprint density at radius 2 is 1.79 bits per heavy atom. The van der Waals surface area contributed by atoms with Crippen LogP contribution < -0.4 is 15.4 Å². The van der Waals surface area contributed by atoms with Crippen molar-refractivity contribution in [2.45, 2.75) is 13.8 Å². The van der Waals surface area contributed by atoms with Crippen LogP contribution in [0.2, 0.25) is 0 Å². The minimum absolute atomic E-state index is 0.0412. The second-order valence-corrected chi connectivity index (χ2v) is 3.78. The highest BCUT2D eigenvalue weighted by Crippen LogP contribution is 2.12. The van der Waals surface area contributed by atoms with Crippen LogP contribution in [0.1, 0.15) is 24.2 Å². The molecule has 2 N–H and O–H groups in total. The fourth-order valence-electron chi connectivity index (χ4n) is 1.30. The van der Waals surface area contributed by atoms with Gasteiger partial charge >= 0.3 is 6.03 Å². The summed E-state index contributed by atoms with van der Waals surface area (Å²) in [6, 6.07) is 5.85. The van der Waals surface area contributed by atoms with Crippen LogP contribution in [0.15, 0.2) is 24.3 Å². The van der Waals surface area contributed by atoms with Crippen LogP contribution in [0.3, 0.4) is 0 Å². The Hall–Kier alpha value is -2.37. The molecule has 0 aromatic heterocycles. The van der Waals surface area contributed by atoms with Gasteiger partial charge in [0, 0.05) is 12.1 Å². The molecule has 0 aliphatic carbocycles. The molecular formula is C13H16N2O4. The molecule has 1 aromatic rings. The van der Waals surface area contributed by atoms with Gasteiger partial charge in [-0.2, -0.15) is 0 Å². The Bertz CT molecular complexity index is 468. The first-order valence-corrected chi connectivity index (χ1v) is 5.84. The van der Waals surface area contributed by atoms with E-state index in [0.29, 0.717) is 17.9 Å². The molecule has 0 aliphatic rings. The first-order valence-electron chi connectivity index (χ1n) is 5.84. The zero-order valence-corrected chi connectivity index (χ0v) is 10.9. The molecule has 0 bridgehead atoms. The predicted octanol–water partition coefficient (Wildman–Crippen LogP) is 1.11. The third-order valence-electron chi connectivity index (χ3n) is 2.22. The molecule has 6 heteroatoms. The maximum absolute atomic E-state index is 11.3. The minimum Gasteiger partial charge on any atom is -0.484 e. The zero-order chi connectivity index (χ0) is 14.3. The van der Waals surface area contributed by atoms with Gasteiger partial charge in [0.2, 0.25) is 0 Å². The van der Waals surface area contributed by atoms with Crippen LogP contribution in [0.4, 0.5) is 4.79 Å². The van der Waals surface area contributed by atoms with E-state index >= 15 is 0 Å². The quantitative estimate of drug-likeness (QED) is 0.780. The molecule has 0 saturated carbocycles. The summed E-state index contributed by atoms with van der Waals surface area (Å²) in [5, 5.41) is 4.54. The minimum atomic E-state index is -0.553. The van der Waals surface area contributed by atoms with Crippen molar-refractivity contribution < 1.29 is 19.1 Å². The first-order chi connectivity index (χ1) is 9.02. The van der Waals surface area contributed by atoms with Crippen molar-refractivity contribution in [3.8, 4) is 5.75 Å². The molecule has 0 spiro atoms. The second-order valence-electron chi connectivity index (χ2n) is 3.78. The van der Waals surface area contributed by atoms with Crippen LogP contribution >= 0.6 is 0 Å². The van der Waals surface area contributed by atoms with Crippen molar-refractivity contribution in [2.75, 3.05) is 13.2 Å².